The van der Waals surface area contributed by atoms with Gasteiger partial charge in [0.2, 0.25) is 15.9 Å². The monoisotopic (exact) mass is 511 g/mol. The Hall–Kier alpha value is -1.80. The molecule has 3 rings (SSSR count). The summed E-state index contributed by atoms with van der Waals surface area (Å²) in [6.07, 6.45) is 5.55. The summed E-state index contributed by atoms with van der Waals surface area (Å²) >= 11 is 12.2. The van der Waals surface area contributed by atoms with Gasteiger partial charge in [-0.15, -0.1) is 0 Å². The molecule has 2 aromatic rings. The summed E-state index contributed by atoms with van der Waals surface area (Å²) in [5, 5.41) is 3.59. The lowest BCUT2D eigenvalue weighted by Crippen LogP contribution is -2.32. The van der Waals surface area contributed by atoms with E-state index in [1.807, 2.05) is 12.1 Å². The Morgan fingerprint density at radius 1 is 1.03 bits per heavy atom. The molecule has 1 saturated heterocycles. The van der Waals surface area contributed by atoms with E-state index in [4.69, 9.17) is 23.2 Å². The van der Waals surface area contributed by atoms with Crippen molar-refractivity contribution in [1.29, 1.82) is 0 Å². The van der Waals surface area contributed by atoms with Gasteiger partial charge in [0.1, 0.15) is 0 Å². The van der Waals surface area contributed by atoms with Gasteiger partial charge in [-0.3, -0.25) is 14.0 Å². The Morgan fingerprint density at radius 2 is 1.70 bits per heavy atom. The van der Waals surface area contributed by atoms with Gasteiger partial charge in [-0.2, -0.15) is 0 Å². The average Bonchev–Trinajstić information content (AvgIpc) is 2.78. The lowest BCUT2D eigenvalue weighted by Gasteiger charge is -2.26. The molecule has 0 unspecified atom stereocenters. The Balaban J connectivity index is 1.46. The molecule has 1 amide bonds. The van der Waals surface area contributed by atoms with Crippen LogP contribution in [0.3, 0.4) is 0 Å². The van der Waals surface area contributed by atoms with Crippen molar-refractivity contribution in [3.8, 4) is 0 Å². The molecular formula is C24H31Cl2N3O3S. The van der Waals surface area contributed by atoms with E-state index < -0.39 is 10.0 Å². The quantitative estimate of drug-likeness (QED) is 0.495. The Labute approximate surface area is 206 Å². The predicted octanol–water partition coefficient (Wildman–Crippen LogP) is 4.84. The van der Waals surface area contributed by atoms with Crippen molar-refractivity contribution in [1.82, 2.24) is 10.2 Å². The fourth-order valence-corrected chi connectivity index (χ4v) is 5.36. The minimum Gasteiger partial charge on any atom is -0.352 e. The predicted molar refractivity (Wildman–Crippen MR) is 135 cm³/mol. The van der Waals surface area contributed by atoms with E-state index in [1.165, 1.54) is 35.2 Å². The summed E-state index contributed by atoms with van der Waals surface area (Å²) in [6, 6.07) is 13.0. The van der Waals surface area contributed by atoms with Crippen molar-refractivity contribution in [3.63, 3.8) is 0 Å². The molecule has 2 aromatic carbocycles. The Kier molecular flexibility index (Phi) is 9.44. The summed E-state index contributed by atoms with van der Waals surface area (Å²) in [5.74, 6) is -0.127. The minimum absolute atomic E-state index is 0.127. The number of carbonyl (C=O) groups excluding carboxylic acids is 1. The molecule has 0 aromatic heterocycles. The van der Waals surface area contributed by atoms with Crippen LogP contribution in [0.15, 0.2) is 42.5 Å². The molecule has 9 heteroatoms. The zero-order valence-electron chi connectivity index (χ0n) is 18.9. The fraction of sp³-hybridized carbons (Fsp3) is 0.458. The number of hydrogen-bond donors (Lipinski definition) is 1. The van der Waals surface area contributed by atoms with Crippen LogP contribution in [0, 0.1) is 0 Å². The number of carbonyl (C=O) groups is 1. The minimum atomic E-state index is -3.57. The molecule has 0 bridgehead atoms. The third-order valence-corrected chi connectivity index (χ3v) is 7.44. The maximum absolute atomic E-state index is 12.3. The van der Waals surface area contributed by atoms with Crippen molar-refractivity contribution >= 4 is 44.8 Å². The van der Waals surface area contributed by atoms with Crippen molar-refractivity contribution in [2.24, 2.45) is 0 Å². The lowest BCUT2D eigenvalue weighted by atomic mass is 10.1. The molecule has 0 spiro atoms. The second kappa shape index (κ2) is 12.1. The molecule has 1 N–H and O–H groups in total. The summed E-state index contributed by atoms with van der Waals surface area (Å²) in [5.41, 5.74) is 2.64. The van der Waals surface area contributed by atoms with Crippen LogP contribution in [0.1, 0.15) is 43.2 Å². The van der Waals surface area contributed by atoms with Crippen LogP contribution in [0.25, 0.3) is 0 Å². The number of rotatable bonds is 10. The molecule has 180 valence electrons. The maximum Gasteiger partial charge on any atom is 0.232 e. The van der Waals surface area contributed by atoms with E-state index in [9.17, 15) is 13.2 Å². The normalized spacial score (nSPS) is 14.8. The first-order valence-corrected chi connectivity index (χ1v) is 13.8. The van der Waals surface area contributed by atoms with Gasteiger partial charge >= 0.3 is 0 Å². The summed E-state index contributed by atoms with van der Waals surface area (Å²) in [7, 11) is -3.57. The second-order valence-electron chi connectivity index (χ2n) is 8.46. The highest BCUT2D eigenvalue weighted by Crippen LogP contribution is 2.30. The van der Waals surface area contributed by atoms with E-state index in [1.54, 1.807) is 12.1 Å². The van der Waals surface area contributed by atoms with Gasteiger partial charge in [0, 0.05) is 31.1 Å². The number of piperidine rings is 1. The number of hydrogen-bond acceptors (Lipinski definition) is 4. The van der Waals surface area contributed by atoms with Crippen molar-refractivity contribution < 1.29 is 13.2 Å². The number of sulfonamides is 1. The molecule has 1 aliphatic rings. The van der Waals surface area contributed by atoms with E-state index in [0.717, 1.165) is 31.5 Å². The topological polar surface area (TPSA) is 69.7 Å². The third kappa shape index (κ3) is 8.18. The molecular weight excluding hydrogens is 481 g/mol. The number of benzene rings is 2. The van der Waals surface area contributed by atoms with Crippen molar-refractivity contribution in [2.75, 3.05) is 30.2 Å². The van der Waals surface area contributed by atoms with Gasteiger partial charge in [-0.1, -0.05) is 53.9 Å². The Bertz CT molecular complexity index is 1040. The summed E-state index contributed by atoms with van der Waals surface area (Å²) in [4.78, 5) is 14.8. The molecule has 6 nitrogen and oxygen atoms in total. The first-order valence-electron chi connectivity index (χ1n) is 11.2. The molecule has 0 atom stereocenters. The second-order valence-corrected chi connectivity index (χ2v) is 11.2. The first-order chi connectivity index (χ1) is 15.7. The highest BCUT2D eigenvalue weighted by atomic mass is 35.5. The number of amides is 1. The SMILES string of the molecule is CS(=O)(=O)N(CCCC(=O)NCc1ccc(CN2CCCCC2)cc1)c1cc(Cl)ccc1Cl. The number of likely N-dealkylation sites (tertiary alicyclic amines) is 1. The van der Waals surface area contributed by atoms with Crippen LogP contribution in [-0.4, -0.2) is 45.1 Å². The van der Waals surface area contributed by atoms with Crippen LogP contribution < -0.4 is 9.62 Å². The van der Waals surface area contributed by atoms with Crippen LogP contribution in [0.2, 0.25) is 10.0 Å². The summed E-state index contributed by atoms with van der Waals surface area (Å²) in [6.45, 7) is 3.88. The fourth-order valence-electron chi connectivity index (χ4n) is 3.95. The molecule has 0 aliphatic carbocycles. The van der Waals surface area contributed by atoms with Gasteiger partial charge in [0.05, 0.1) is 17.0 Å². The summed E-state index contributed by atoms with van der Waals surface area (Å²) < 4.78 is 25.7. The van der Waals surface area contributed by atoms with Crippen LogP contribution in [-0.2, 0) is 27.9 Å². The molecule has 1 aliphatic heterocycles. The molecule has 1 heterocycles. The van der Waals surface area contributed by atoms with Crippen LogP contribution in [0.4, 0.5) is 5.69 Å². The number of nitrogens with one attached hydrogen (secondary N) is 1. The first kappa shape index (κ1) is 25.8. The Morgan fingerprint density at radius 3 is 2.36 bits per heavy atom. The number of anilines is 1. The number of nitrogens with zero attached hydrogens (tertiary/aromatic N) is 2. The van der Waals surface area contributed by atoms with E-state index >= 15 is 0 Å². The van der Waals surface area contributed by atoms with Gasteiger partial charge in [-0.25, -0.2) is 8.42 Å². The molecule has 0 saturated carbocycles. The van der Waals surface area contributed by atoms with E-state index in [0.29, 0.717) is 23.7 Å². The lowest BCUT2D eigenvalue weighted by molar-refractivity contribution is -0.121. The maximum atomic E-state index is 12.3. The highest BCUT2D eigenvalue weighted by molar-refractivity contribution is 7.92. The van der Waals surface area contributed by atoms with Crippen LogP contribution in [0.5, 0.6) is 0 Å². The standard InChI is InChI=1S/C24H31Cl2N3O3S/c1-33(31,32)29(23-16-21(25)11-12-22(23)26)15-5-6-24(30)27-17-19-7-9-20(10-8-19)18-28-13-3-2-4-14-28/h7-12,16H,2-6,13-15,17-18H2,1H3,(H,27,30). The van der Waals surface area contributed by atoms with Gasteiger partial charge < -0.3 is 5.32 Å². The van der Waals surface area contributed by atoms with E-state index in [-0.39, 0.29) is 23.9 Å². The highest BCUT2D eigenvalue weighted by Gasteiger charge is 2.20. The van der Waals surface area contributed by atoms with Crippen molar-refractivity contribution in [2.45, 2.75) is 45.2 Å². The zero-order chi connectivity index (χ0) is 23.8. The van der Waals surface area contributed by atoms with Gasteiger partial charge in [0.15, 0.2) is 0 Å². The molecule has 33 heavy (non-hydrogen) atoms. The number of halogens is 2. The average molecular weight is 513 g/mol. The zero-order valence-corrected chi connectivity index (χ0v) is 21.2. The van der Waals surface area contributed by atoms with Gasteiger partial charge in [-0.05, 0) is 61.7 Å². The van der Waals surface area contributed by atoms with Gasteiger partial charge in [0.25, 0.3) is 0 Å². The molecule has 0 radical (unpaired) electrons. The van der Waals surface area contributed by atoms with Crippen LogP contribution >= 0.6 is 23.2 Å². The largest absolute Gasteiger partial charge is 0.352 e. The third-order valence-electron chi connectivity index (χ3n) is 5.71. The smallest absolute Gasteiger partial charge is 0.232 e. The van der Waals surface area contributed by atoms with E-state index in [2.05, 4.69) is 22.3 Å². The van der Waals surface area contributed by atoms with Crippen molar-refractivity contribution in [3.05, 3.63) is 63.6 Å². The molecule has 1 fully saturated rings.